The van der Waals surface area contributed by atoms with Crippen molar-refractivity contribution in [2.45, 2.75) is 0 Å². The van der Waals surface area contributed by atoms with E-state index in [9.17, 15) is 18.0 Å². The van der Waals surface area contributed by atoms with E-state index in [0.717, 1.165) is 18.2 Å². The highest BCUT2D eigenvalue weighted by Crippen LogP contribution is 2.24. The molecule has 0 heterocycles. The standard InChI is InChI=1S/C13H5Br2F3O/c14-8-3-6(1-2-10(8)16)13(19)7-4-12(18)9(15)5-11(7)17/h1-5H. The second-order valence-electron chi connectivity index (χ2n) is 3.70. The van der Waals surface area contributed by atoms with Gasteiger partial charge in [-0.15, -0.1) is 0 Å². The Hall–Kier alpha value is -1.14. The van der Waals surface area contributed by atoms with Crippen LogP contribution in [0, 0.1) is 17.5 Å². The van der Waals surface area contributed by atoms with Crippen molar-refractivity contribution in [1.29, 1.82) is 0 Å². The van der Waals surface area contributed by atoms with Crippen molar-refractivity contribution in [2.24, 2.45) is 0 Å². The molecule has 2 aromatic carbocycles. The first-order chi connectivity index (χ1) is 8.90. The molecule has 1 nitrogen and oxygen atoms in total. The molecule has 0 spiro atoms. The number of carbonyl (C=O) groups excluding carboxylic acids is 1. The van der Waals surface area contributed by atoms with Gasteiger partial charge in [-0.3, -0.25) is 4.79 Å². The zero-order valence-electron chi connectivity index (χ0n) is 9.18. The first-order valence-corrected chi connectivity index (χ1v) is 6.63. The predicted molar refractivity (Wildman–Crippen MR) is 71.6 cm³/mol. The Morgan fingerprint density at radius 2 is 1.47 bits per heavy atom. The summed E-state index contributed by atoms with van der Waals surface area (Å²) in [6, 6.07) is 5.18. The number of benzene rings is 2. The van der Waals surface area contributed by atoms with Crippen molar-refractivity contribution in [3.63, 3.8) is 0 Å². The van der Waals surface area contributed by atoms with Gasteiger partial charge in [0.25, 0.3) is 0 Å². The highest BCUT2D eigenvalue weighted by Gasteiger charge is 2.17. The van der Waals surface area contributed by atoms with Crippen LogP contribution in [0.15, 0.2) is 39.3 Å². The van der Waals surface area contributed by atoms with Crippen molar-refractivity contribution in [1.82, 2.24) is 0 Å². The number of carbonyl (C=O) groups is 1. The average molecular weight is 394 g/mol. The summed E-state index contributed by atoms with van der Waals surface area (Å²) in [5.41, 5.74) is -0.340. The maximum Gasteiger partial charge on any atom is 0.196 e. The smallest absolute Gasteiger partial charge is 0.196 e. The molecule has 0 aliphatic rings. The Bertz CT molecular complexity index is 671. The second kappa shape index (κ2) is 5.46. The molecule has 0 radical (unpaired) electrons. The molecule has 0 N–H and O–H groups in total. The molecular weight excluding hydrogens is 389 g/mol. The normalized spacial score (nSPS) is 10.6. The molecule has 0 bridgehead atoms. The minimum atomic E-state index is -0.848. The molecule has 0 aliphatic heterocycles. The lowest BCUT2D eigenvalue weighted by atomic mass is 10.0. The fraction of sp³-hybridized carbons (Fsp3) is 0. The number of rotatable bonds is 2. The van der Waals surface area contributed by atoms with E-state index in [1.807, 2.05) is 0 Å². The van der Waals surface area contributed by atoms with Crippen molar-refractivity contribution in [2.75, 3.05) is 0 Å². The lowest BCUT2D eigenvalue weighted by molar-refractivity contribution is 0.103. The van der Waals surface area contributed by atoms with Crippen LogP contribution in [0.1, 0.15) is 15.9 Å². The Morgan fingerprint density at radius 3 is 2.11 bits per heavy atom. The van der Waals surface area contributed by atoms with Crippen molar-refractivity contribution in [3.05, 3.63) is 67.9 Å². The number of ketones is 1. The molecule has 0 fully saturated rings. The van der Waals surface area contributed by atoms with Gasteiger partial charge in [-0.1, -0.05) is 0 Å². The summed E-state index contributed by atoms with van der Waals surface area (Å²) >= 11 is 5.75. The minimum absolute atomic E-state index is 0.0638. The van der Waals surface area contributed by atoms with E-state index in [-0.39, 0.29) is 14.5 Å². The van der Waals surface area contributed by atoms with E-state index < -0.39 is 28.8 Å². The van der Waals surface area contributed by atoms with Gasteiger partial charge in [0.2, 0.25) is 0 Å². The van der Waals surface area contributed by atoms with Gasteiger partial charge in [0.15, 0.2) is 5.78 Å². The summed E-state index contributed by atoms with van der Waals surface area (Å²) in [6.45, 7) is 0. The first kappa shape index (κ1) is 14.3. The Kier molecular flexibility index (Phi) is 4.10. The van der Waals surface area contributed by atoms with Gasteiger partial charge in [0.05, 0.1) is 14.5 Å². The van der Waals surface area contributed by atoms with E-state index in [0.29, 0.717) is 0 Å². The van der Waals surface area contributed by atoms with Crippen LogP contribution in [0.4, 0.5) is 13.2 Å². The van der Waals surface area contributed by atoms with Gasteiger partial charge in [-0.2, -0.15) is 0 Å². The Balaban J connectivity index is 2.49. The zero-order chi connectivity index (χ0) is 14.2. The zero-order valence-corrected chi connectivity index (χ0v) is 12.4. The van der Waals surface area contributed by atoms with Gasteiger partial charge in [-0.05, 0) is 62.2 Å². The minimum Gasteiger partial charge on any atom is -0.288 e. The van der Waals surface area contributed by atoms with E-state index in [1.165, 1.54) is 12.1 Å². The van der Waals surface area contributed by atoms with Crippen LogP contribution < -0.4 is 0 Å². The molecule has 6 heteroatoms. The van der Waals surface area contributed by atoms with E-state index in [4.69, 9.17) is 0 Å². The fourth-order valence-electron chi connectivity index (χ4n) is 1.49. The largest absolute Gasteiger partial charge is 0.288 e. The van der Waals surface area contributed by atoms with E-state index >= 15 is 0 Å². The van der Waals surface area contributed by atoms with Gasteiger partial charge in [0, 0.05) is 5.56 Å². The SMILES string of the molecule is O=C(c1ccc(F)c(Br)c1)c1cc(F)c(Br)cc1F. The Morgan fingerprint density at radius 1 is 0.842 bits per heavy atom. The third-order valence-electron chi connectivity index (χ3n) is 2.44. The summed E-state index contributed by atoms with van der Waals surface area (Å²) in [7, 11) is 0. The quantitative estimate of drug-likeness (QED) is 0.526. The first-order valence-electron chi connectivity index (χ1n) is 5.04. The van der Waals surface area contributed by atoms with Crippen LogP contribution in [-0.4, -0.2) is 5.78 Å². The molecule has 19 heavy (non-hydrogen) atoms. The molecule has 0 aromatic heterocycles. The van der Waals surface area contributed by atoms with Crippen LogP contribution in [0.2, 0.25) is 0 Å². The summed E-state index contributed by atoms with van der Waals surface area (Å²) in [5, 5.41) is 0. The summed E-state index contributed by atoms with van der Waals surface area (Å²) in [4.78, 5) is 12.0. The maximum absolute atomic E-state index is 13.6. The van der Waals surface area contributed by atoms with Gasteiger partial charge < -0.3 is 0 Å². The van der Waals surface area contributed by atoms with Crippen molar-refractivity contribution in [3.8, 4) is 0 Å². The summed E-state index contributed by atoms with van der Waals surface area (Å²) < 4.78 is 40.1. The Labute approximate surface area is 123 Å². The number of halogens is 5. The van der Waals surface area contributed by atoms with Crippen molar-refractivity contribution < 1.29 is 18.0 Å². The molecular formula is C13H5Br2F3O. The van der Waals surface area contributed by atoms with E-state index in [2.05, 4.69) is 31.9 Å². The summed E-state index contributed by atoms with van der Waals surface area (Å²) in [5.74, 6) is -2.85. The highest BCUT2D eigenvalue weighted by molar-refractivity contribution is 9.10. The molecule has 2 rings (SSSR count). The molecule has 2 aromatic rings. The predicted octanol–water partition coefficient (Wildman–Crippen LogP) is 4.86. The average Bonchev–Trinajstić information content (AvgIpc) is 2.36. The van der Waals surface area contributed by atoms with Crippen LogP contribution >= 0.6 is 31.9 Å². The molecule has 0 unspecified atom stereocenters. The number of hydrogen-bond acceptors (Lipinski definition) is 1. The topological polar surface area (TPSA) is 17.1 Å². The van der Waals surface area contributed by atoms with Gasteiger partial charge in [-0.25, -0.2) is 13.2 Å². The van der Waals surface area contributed by atoms with Crippen LogP contribution in [0.25, 0.3) is 0 Å². The fourth-order valence-corrected chi connectivity index (χ4v) is 2.18. The molecule has 0 aliphatic carbocycles. The third-order valence-corrected chi connectivity index (χ3v) is 3.65. The van der Waals surface area contributed by atoms with Gasteiger partial charge >= 0.3 is 0 Å². The van der Waals surface area contributed by atoms with E-state index in [1.54, 1.807) is 0 Å². The lowest BCUT2D eigenvalue weighted by Gasteiger charge is -2.05. The molecule has 98 valence electrons. The van der Waals surface area contributed by atoms with Gasteiger partial charge in [0.1, 0.15) is 17.5 Å². The third kappa shape index (κ3) is 2.90. The monoisotopic (exact) mass is 392 g/mol. The van der Waals surface area contributed by atoms with Crippen LogP contribution in [0.5, 0.6) is 0 Å². The van der Waals surface area contributed by atoms with Crippen LogP contribution in [0.3, 0.4) is 0 Å². The number of hydrogen-bond donors (Lipinski definition) is 0. The molecule has 0 saturated heterocycles. The molecule has 0 atom stereocenters. The molecule has 0 saturated carbocycles. The summed E-state index contributed by atoms with van der Waals surface area (Å²) in [6.07, 6.45) is 0. The highest BCUT2D eigenvalue weighted by atomic mass is 79.9. The van der Waals surface area contributed by atoms with Crippen LogP contribution in [-0.2, 0) is 0 Å². The molecule has 0 amide bonds. The maximum atomic E-state index is 13.6. The van der Waals surface area contributed by atoms with Crippen molar-refractivity contribution >= 4 is 37.6 Å². The lowest BCUT2D eigenvalue weighted by Crippen LogP contribution is -2.05. The second-order valence-corrected chi connectivity index (χ2v) is 5.41.